The summed E-state index contributed by atoms with van der Waals surface area (Å²) in [5.74, 6) is 0.915. The van der Waals surface area contributed by atoms with Crippen LogP contribution < -0.4 is 10.6 Å². The Hall–Kier alpha value is -0.0800. The largest absolute Gasteiger partial charge is 0.314 e. The van der Waals surface area contributed by atoms with E-state index in [1.807, 2.05) is 0 Å². The maximum absolute atomic E-state index is 3.98. The fourth-order valence-electron chi connectivity index (χ4n) is 4.54. The normalized spacial score (nSPS) is 37.4. The third-order valence-electron chi connectivity index (χ3n) is 5.91. The molecule has 3 unspecified atom stereocenters. The molecule has 2 saturated carbocycles. The highest BCUT2D eigenvalue weighted by Crippen LogP contribution is 2.49. The highest BCUT2D eigenvalue weighted by Gasteiger charge is 2.42. The molecule has 1 aliphatic heterocycles. The van der Waals surface area contributed by atoms with Crippen molar-refractivity contribution in [3.05, 3.63) is 0 Å². The van der Waals surface area contributed by atoms with Crippen LogP contribution >= 0.6 is 0 Å². The molecule has 0 aromatic carbocycles. The Kier molecular flexibility index (Phi) is 4.48. The highest BCUT2D eigenvalue weighted by molar-refractivity contribution is 4.98. The standard InChI is InChI=1S/C17H32N2/c1-2-9-17(10-11-17)13-19-16-8-5-6-14(16)15-7-3-4-12-18-15/h14-16,18-19H,2-13H2,1H3. The monoisotopic (exact) mass is 264 g/mol. The molecule has 110 valence electrons. The molecule has 0 aromatic heterocycles. The van der Waals surface area contributed by atoms with Gasteiger partial charge in [-0.05, 0) is 62.8 Å². The number of rotatable bonds is 6. The van der Waals surface area contributed by atoms with Crippen LogP contribution in [0.1, 0.15) is 71.1 Å². The molecule has 3 rings (SSSR count). The first-order chi connectivity index (χ1) is 9.33. The van der Waals surface area contributed by atoms with Crippen molar-refractivity contribution in [3.8, 4) is 0 Å². The molecule has 0 amide bonds. The van der Waals surface area contributed by atoms with E-state index in [2.05, 4.69) is 17.6 Å². The summed E-state index contributed by atoms with van der Waals surface area (Å²) in [4.78, 5) is 0. The van der Waals surface area contributed by atoms with Gasteiger partial charge in [0.2, 0.25) is 0 Å². The lowest BCUT2D eigenvalue weighted by molar-refractivity contribution is 0.247. The van der Waals surface area contributed by atoms with Crippen LogP contribution in [0.25, 0.3) is 0 Å². The highest BCUT2D eigenvalue weighted by atomic mass is 15.0. The van der Waals surface area contributed by atoms with Crippen molar-refractivity contribution < 1.29 is 0 Å². The molecule has 3 fully saturated rings. The molecule has 2 aliphatic carbocycles. The summed E-state index contributed by atoms with van der Waals surface area (Å²) in [5.41, 5.74) is 0.710. The zero-order chi connectivity index (χ0) is 13.1. The van der Waals surface area contributed by atoms with Crippen LogP contribution in [0.3, 0.4) is 0 Å². The lowest BCUT2D eigenvalue weighted by Crippen LogP contribution is -2.47. The molecule has 3 atom stereocenters. The van der Waals surface area contributed by atoms with E-state index in [1.165, 1.54) is 77.3 Å². The van der Waals surface area contributed by atoms with Gasteiger partial charge in [0.1, 0.15) is 0 Å². The molecule has 0 bridgehead atoms. The molecule has 2 N–H and O–H groups in total. The van der Waals surface area contributed by atoms with E-state index in [0.29, 0.717) is 5.41 Å². The lowest BCUT2D eigenvalue weighted by atomic mass is 9.88. The topological polar surface area (TPSA) is 24.1 Å². The van der Waals surface area contributed by atoms with Crippen molar-refractivity contribution in [1.29, 1.82) is 0 Å². The van der Waals surface area contributed by atoms with E-state index in [4.69, 9.17) is 0 Å². The number of hydrogen-bond donors (Lipinski definition) is 2. The van der Waals surface area contributed by atoms with Crippen LogP contribution in [0.15, 0.2) is 0 Å². The quantitative estimate of drug-likeness (QED) is 0.767. The summed E-state index contributed by atoms with van der Waals surface area (Å²) in [6, 6.07) is 1.63. The van der Waals surface area contributed by atoms with E-state index in [-0.39, 0.29) is 0 Å². The SMILES string of the molecule is CCCC1(CNC2CCCC2C2CCCCN2)CC1. The Morgan fingerprint density at radius 2 is 2.00 bits per heavy atom. The van der Waals surface area contributed by atoms with Gasteiger partial charge >= 0.3 is 0 Å². The maximum Gasteiger partial charge on any atom is 0.0110 e. The number of piperidine rings is 1. The molecule has 1 saturated heterocycles. The van der Waals surface area contributed by atoms with Crippen LogP contribution in [0.2, 0.25) is 0 Å². The Morgan fingerprint density at radius 3 is 2.68 bits per heavy atom. The van der Waals surface area contributed by atoms with E-state index in [0.717, 1.165) is 18.0 Å². The molecule has 0 spiro atoms. The van der Waals surface area contributed by atoms with Crippen LogP contribution in [0, 0.1) is 11.3 Å². The Bertz CT molecular complexity index is 279. The summed E-state index contributed by atoms with van der Waals surface area (Å²) in [7, 11) is 0. The van der Waals surface area contributed by atoms with Crippen molar-refractivity contribution in [2.24, 2.45) is 11.3 Å². The summed E-state index contributed by atoms with van der Waals surface area (Å²) < 4.78 is 0. The van der Waals surface area contributed by atoms with Gasteiger partial charge in [0, 0.05) is 18.6 Å². The molecule has 3 aliphatic rings. The summed E-state index contributed by atoms with van der Waals surface area (Å²) in [6.07, 6.45) is 14.3. The van der Waals surface area contributed by atoms with E-state index >= 15 is 0 Å². The van der Waals surface area contributed by atoms with Gasteiger partial charge in [-0.2, -0.15) is 0 Å². The van der Waals surface area contributed by atoms with Crippen LogP contribution in [-0.4, -0.2) is 25.2 Å². The van der Waals surface area contributed by atoms with Gasteiger partial charge in [-0.1, -0.05) is 26.2 Å². The minimum Gasteiger partial charge on any atom is -0.314 e. The zero-order valence-electron chi connectivity index (χ0n) is 12.7. The van der Waals surface area contributed by atoms with Gasteiger partial charge in [-0.3, -0.25) is 0 Å². The Balaban J connectivity index is 1.49. The van der Waals surface area contributed by atoms with Gasteiger partial charge in [-0.25, -0.2) is 0 Å². The van der Waals surface area contributed by atoms with Gasteiger partial charge in [0.15, 0.2) is 0 Å². The van der Waals surface area contributed by atoms with Crippen molar-refractivity contribution in [2.45, 2.75) is 83.2 Å². The van der Waals surface area contributed by atoms with Crippen molar-refractivity contribution in [1.82, 2.24) is 10.6 Å². The fourth-order valence-corrected chi connectivity index (χ4v) is 4.54. The van der Waals surface area contributed by atoms with Crippen LogP contribution in [0.5, 0.6) is 0 Å². The van der Waals surface area contributed by atoms with Gasteiger partial charge in [-0.15, -0.1) is 0 Å². The van der Waals surface area contributed by atoms with E-state index in [9.17, 15) is 0 Å². The molecular formula is C17H32N2. The summed E-state index contributed by atoms with van der Waals surface area (Å²) in [6.45, 7) is 4.90. The first-order valence-corrected chi connectivity index (χ1v) is 8.80. The van der Waals surface area contributed by atoms with Crippen molar-refractivity contribution in [3.63, 3.8) is 0 Å². The third kappa shape index (κ3) is 3.33. The average molecular weight is 264 g/mol. The van der Waals surface area contributed by atoms with Crippen LogP contribution in [0.4, 0.5) is 0 Å². The lowest BCUT2D eigenvalue weighted by Gasteiger charge is -2.34. The van der Waals surface area contributed by atoms with Gasteiger partial charge in [0.05, 0.1) is 0 Å². The first kappa shape index (κ1) is 13.9. The minimum atomic E-state index is 0.710. The molecule has 0 radical (unpaired) electrons. The predicted octanol–water partition coefficient (Wildman–Crippen LogP) is 3.47. The number of nitrogens with one attached hydrogen (secondary N) is 2. The minimum absolute atomic E-state index is 0.710. The third-order valence-corrected chi connectivity index (χ3v) is 5.91. The second-order valence-corrected chi connectivity index (χ2v) is 7.39. The smallest absolute Gasteiger partial charge is 0.0110 e. The molecule has 2 heteroatoms. The summed E-state index contributed by atoms with van der Waals surface area (Å²) in [5, 5.41) is 7.77. The van der Waals surface area contributed by atoms with Crippen molar-refractivity contribution in [2.75, 3.05) is 13.1 Å². The molecule has 1 heterocycles. The Labute approximate surface area is 119 Å². The second-order valence-electron chi connectivity index (χ2n) is 7.39. The number of hydrogen-bond acceptors (Lipinski definition) is 2. The molecule has 0 aromatic rings. The summed E-state index contributed by atoms with van der Waals surface area (Å²) >= 11 is 0. The molecule has 19 heavy (non-hydrogen) atoms. The Morgan fingerprint density at radius 1 is 1.11 bits per heavy atom. The van der Waals surface area contributed by atoms with E-state index < -0.39 is 0 Å². The van der Waals surface area contributed by atoms with Crippen molar-refractivity contribution >= 4 is 0 Å². The maximum atomic E-state index is 3.98. The second kappa shape index (κ2) is 6.13. The molecular weight excluding hydrogens is 232 g/mol. The first-order valence-electron chi connectivity index (χ1n) is 8.80. The average Bonchev–Trinajstić information content (AvgIpc) is 3.05. The van der Waals surface area contributed by atoms with Crippen LogP contribution in [-0.2, 0) is 0 Å². The van der Waals surface area contributed by atoms with Gasteiger partial charge < -0.3 is 10.6 Å². The predicted molar refractivity (Wildman–Crippen MR) is 81.3 cm³/mol. The van der Waals surface area contributed by atoms with Gasteiger partial charge in [0.25, 0.3) is 0 Å². The van der Waals surface area contributed by atoms with E-state index in [1.54, 1.807) is 0 Å². The fraction of sp³-hybridized carbons (Fsp3) is 1.00. The zero-order valence-corrected chi connectivity index (χ0v) is 12.7. The molecule has 2 nitrogen and oxygen atoms in total.